The number of nitrogens with zero attached hydrogens (tertiary/aromatic N) is 3. The van der Waals surface area contributed by atoms with Gasteiger partial charge in [0.1, 0.15) is 0 Å². The number of aromatic nitrogens is 1. The monoisotopic (exact) mass is 423 g/mol. The fourth-order valence-electron chi connectivity index (χ4n) is 4.02. The van der Waals surface area contributed by atoms with Crippen molar-refractivity contribution in [3.05, 3.63) is 83.2 Å². The molecule has 6 heteroatoms. The molecule has 0 spiro atoms. The molecule has 0 atom stereocenters. The molecule has 0 bridgehead atoms. The first-order valence-electron chi connectivity index (χ1n) is 10.4. The summed E-state index contributed by atoms with van der Waals surface area (Å²) in [5.41, 5.74) is 5.73. The van der Waals surface area contributed by atoms with Gasteiger partial charge in [-0.15, -0.1) is 0 Å². The maximum Gasteiger partial charge on any atom is 0.267 e. The molecule has 1 aliphatic heterocycles. The van der Waals surface area contributed by atoms with E-state index in [0.29, 0.717) is 11.4 Å². The maximum absolute atomic E-state index is 13.1. The van der Waals surface area contributed by atoms with Crippen LogP contribution in [-0.2, 0) is 16.6 Å². The summed E-state index contributed by atoms with van der Waals surface area (Å²) in [7, 11) is -3.58. The van der Waals surface area contributed by atoms with Gasteiger partial charge in [0.15, 0.2) is 0 Å². The topological polar surface area (TPSA) is 45.6 Å². The normalized spacial score (nSPS) is 15.5. The van der Waals surface area contributed by atoms with Gasteiger partial charge < -0.3 is 4.90 Å². The molecule has 0 saturated carbocycles. The number of benzene rings is 2. The van der Waals surface area contributed by atoms with Gasteiger partial charge in [0.05, 0.1) is 4.90 Å². The van der Waals surface area contributed by atoms with Gasteiger partial charge in [-0.3, -0.25) is 4.90 Å². The highest BCUT2D eigenvalue weighted by Gasteiger charge is 2.23. The third kappa shape index (κ3) is 4.16. The molecule has 3 aromatic rings. The Kier molecular flexibility index (Phi) is 5.71. The van der Waals surface area contributed by atoms with Crippen molar-refractivity contribution in [3.63, 3.8) is 0 Å². The molecular formula is C24H29N3O2S. The average molecular weight is 424 g/mol. The lowest BCUT2D eigenvalue weighted by molar-refractivity contribution is 0.246. The predicted molar refractivity (Wildman–Crippen MR) is 122 cm³/mol. The Balaban J connectivity index is 1.46. The summed E-state index contributed by atoms with van der Waals surface area (Å²) in [5, 5.41) is 0. The lowest BCUT2D eigenvalue weighted by Crippen LogP contribution is -2.46. The van der Waals surface area contributed by atoms with Crippen LogP contribution in [0, 0.1) is 20.8 Å². The van der Waals surface area contributed by atoms with Gasteiger partial charge in [-0.05, 0) is 62.2 Å². The average Bonchev–Trinajstić information content (AvgIpc) is 3.20. The molecule has 1 saturated heterocycles. The van der Waals surface area contributed by atoms with Crippen molar-refractivity contribution in [3.8, 4) is 0 Å². The van der Waals surface area contributed by atoms with Crippen molar-refractivity contribution >= 4 is 15.7 Å². The van der Waals surface area contributed by atoms with Crippen LogP contribution in [0.2, 0.25) is 0 Å². The van der Waals surface area contributed by atoms with Crippen LogP contribution in [0.4, 0.5) is 5.69 Å². The van der Waals surface area contributed by atoms with Crippen molar-refractivity contribution < 1.29 is 8.42 Å². The van der Waals surface area contributed by atoms with Crippen LogP contribution in [0.1, 0.15) is 22.4 Å². The first-order chi connectivity index (χ1) is 14.3. The summed E-state index contributed by atoms with van der Waals surface area (Å²) in [6.45, 7) is 10.6. The van der Waals surface area contributed by atoms with E-state index in [-0.39, 0.29) is 0 Å². The Bertz CT molecular complexity index is 1130. The summed E-state index contributed by atoms with van der Waals surface area (Å²) < 4.78 is 27.6. The van der Waals surface area contributed by atoms with E-state index in [2.05, 4.69) is 41.8 Å². The van der Waals surface area contributed by atoms with Gasteiger partial charge in [0.25, 0.3) is 10.0 Å². The molecule has 1 aromatic heterocycles. The zero-order valence-electron chi connectivity index (χ0n) is 17.9. The van der Waals surface area contributed by atoms with Gasteiger partial charge in [0.2, 0.25) is 0 Å². The standard InChI is InChI=1S/C24H29N3O2S/c1-19-7-10-23(11-8-19)30(28,29)27-12-4-5-22(27)18-25-13-15-26(16-14-25)24-17-20(2)6-9-21(24)3/h4-12,17H,13-16,18H2,1-3H3. The molecule has 1 aliphatic rings. The Morgan fingerprint density at radius 1 is 0.833 bits per heavy atom. The highest BCUT2D eigenvalue weighted by molar-refractivity contribution is 7.90. The second-order valence-corrected chi connectivity index (χ2v) is 9.98. The quantitative estimate of drug-likeness (QED) is 0.623. The minimum absolute atomic E-state index is 0.324. The molecule has 0 unspecified atom stereocenters. The van der Waals surface area contributed by atoms with Crippen molar-refractivity contribution in [1.82, 2.24) is 8.87 Å². The number of rotatable bonds is 5. The maximum atomic E-state index is 13.1. The van der Waals surface area contributed by atoms with E-state index in [1.54, 1.807) is 18.3 Å². The van der Waals surface area contributed by atoms with Gasteiger partial charge in [-0.25, -0.2) is 12.4 Å². The van der Waals surface area contributed by atoms with Crippen molar-refractivity contribution in [2.45, 2.75) is 32.2 Å². The first kappa shape index (κ1) is 20.7. The van der Waals surface area contributed by atoms with Crippen LogP contribution in [0.25, 0.3) is 0 Å². The van der Waals surface area contributed by atoms with Crippen LogP contribution in [0.5, 0.6) is 0 Å². The molecule has 0 N–H and O–H groups in total. The third-order valence-electron chi connectivity index (χ3n) is 5.83. The molecule has 2 aromatic carbocycles. The van der Waals surface area contributed by atoms with E-state index >= 15 is 0 Å². The zero-order chi connectivity index (χ0) is 21.3. The minimum Gasteiger partial charge on any atom is -0.369 e. The molecule has 2 heterocycles. The van der Waals surface area contributed by atoms with Crippen molar-refractivity contribution in [2.24, 2.45) is 0 Å². The largest absolute Gasteiger partial charge is 0.369 e. The highest BCUT2D eigenvalue weighted by Crippen LogP contribution is 2.24. The lowest BCUT2D eigenvalue weighted by atomic mass is 10.1. The smallest absolute Gasteiger partial charge is 0.267 e. The highest BCUT2D eigenvalue weighted by atomic mass is 32.2. The number of piperazine rings is 1. The molecule has 5 nitrogen and oxygen atoms in total. The van der Waals surface area contributed by atoms with Gasteiger partial charge in [-0.1, -0.05) is 29.8 Å². The van der Waals surface area contributed by atoms with E-state index < -0.39 is 10.0 Å². The molecule has 30 heavy (non-hydrogen) atoms. The second kappa shape index (κ2) is 8.28. The first-order valence-corrected chi connectivity index (χ1v) is 11.8. The van der Waals surface area contributed by atoms with E-state index in [1.807, 2.05) is 31.2 Å². The Hall–Kier alpha value is -2.57. The minimum atomic E-state index is -3.58. The third-order valence-corrected chi connectivity index (χ3v) is 7.58. The Morgan fingerprint density at radius 2 is 1.50 bits per heavy atom. The molecule has 0 aliphatic carbocycles. The Labute approximate surface area is 179 Å². The summed E-state index contributed by atoms with van der Waals surface area (Å²) in [6.07, 6.45) is 1.65. The molecular weight excluding hydrogens is 394 g/mol. The van der Waals surface area contributed by atoms with E-state index in [4.69, 9.17) is 0 Å². The predicted octanol–water partition coefficient (Wildman–Crippen LogP) is 3.97. The molecule has 0 radical (unpaired) electrons. The van der Waals surface area contributed by atoms with E-state index in [1.165, 1.54) is 20.8 Å². The summed E-state index contributed by atoms with van der Waals surface area (Å²) in [5.74, 6) is 0. The molecule has 1 fully saturated rings. The second-order valence-electron chi connectivity index (χ2n) is 8.17. The fraction of sp³-hybridized carbons (Fsp3) is 0.333. The van der Waals surface area contributed by atoms with Crippen molar-refractivity contribution in [2.75, 3.05) is 31.1 Å². The molecule has 4 rings (SSSR count). The number of aryl methyl sites for hydroxylation is 3. The lowest BCUT2D eigenvalue weighted by Gasteiger charge is -2.37. The van der Waals surface area contributed by atoms with Crippen LogP contribution in [0.15, 0.2) is 65.7 Å². The number of anilines is 1. The van der Waals surface area contributed by atoms with Crippen LogP contribution in [-0.4, -0.2) is 43.5 Å². The molecule has 158 valence electrons. The van der Waals surface area contributed by atoms with Gasteiger partial charge in [-0.2, -0.15) is 0 Å². The van der Waals surface area contributed by atoms with Crippen molar-refractivity contribution in [1.29, 1.82) is 0 Å². The van der Waals surface area contributed by atoms with Crippen LogP contribution >= 0.6 is 0 Å². The van der Waals surface area contributed by atoms with Crippen LogP contribution < -0.4 is 4.90 Å². The number of hydrogen-bond acceptors (Lipinski definition) is 4. The van der Waals surface area contributed by atoms with Crippen LogP contribution in [0.3, 0.4) is 0 Å². The summed E-state index contributed by atoms with van der Waals surface area (Å²) in [4.78, 5) is 5.09. The fourth-order valence-corrected chi connectivity index (χ4v) is 5.38. The summed E-state index contributed by atoms with van der Waals surface area (Å²) >= 11 is 0. The molecule has 0 amide bonds. The van der Waals surface area contributed by atoms with E-state index in [0.717, 1.165) is 37.4 Å². The van der Waals surface area contributed by atoms with Gasteiger partial charge >= 0.3 is 0 Å². The summed E-state index contributed by atoms with van der Waals surface area (Å²) in [6, 6.07) is 17.3. The van der Waals surface area contributed by atoms with Gasteiger partial charge in [0, 0.05) is 50.3 Å². The SMILES string of the molecule is Cc1ccc(S(=O)(=O)n2cccc2CN2CCN(c3cc(C)ccc3C)CC2)cc1. The number of hydrogen-bond donors (Lipinski definition) is 0. The Morgan fingerprint density at radius 3 is 2.20 bits per heavy atom. The van der Waals surface area contributed by atoms with E-state index in [9.17, 15) is 8.42 Å². The zero-order valence-corrected chi connectivity index (χ0v) is 18.7.